The Hall–Kier alpha value is -1.91. The van der Waals surface area contributed by atoms with Crippen molar-refractivity contribution in [2.24, 2.45) is 5.41 Å². The van der Waals surface area contributed by atoms with Crippen molar-refractivity contribution in [2.75, 3.05) is 0 Å². The zero-order chi connectivity index (χ0) is 13.1. The average Bonchev–Trinajstić information content (AvgIpc) is 2.71. The number of imidazole rings is 1. The van der Waals surface area contributed by atoms with Crippen molar-refractivity contribution in [1.82, 2.24) is 9.97 Å². The summed E-state index contributed by atoms with van der Waals surface area (Å²) in [6.45, 7) is 4.26. The Morgan fingerprint density at radius 3 is 2.78 bits per heavy atom. The molecule has 1 aliphatic carbocycles. The lowest BCUT2D eigenvalue weighted by molar-refractivity contribution is 0.0698. The highest BCUT2D eigenvalue weighted by Crippen LogP contribution is 2.57. The van der Waals surface area contributed by atoms with Gasteiger partial charge in [0.25, 0.3) is 0 Å². The van der Waals surface area contributed by atoms with E-state index in [1.54, 1.807) is 0 Å². The first kappa shape index (κ1) is 11.2. The molecule has 2 aromatic rings. The highest BCUT2D eigenvalue weighted by atomic mass is 19.1. The Balaban J connectivity index is 2.17. The van der Waals surface area contributed by atoms with Crippen molar-refractivity contribution in [3.63, 3.8) is 0 Å². The normalized spacial score (nSPS) is 21.2. The maximum Gasteiger partial charge on any atom is 0.338 e. The van der Waals surface area contributed by atoms with Crippen LogP contribution in [-0.2, 0) is 0 Å². The van der Waals surface area contributed by atoms with Crippen LogP contribution in [0.25, 0.3) is 11.0 Å². The van der Waals surface area contributed by atoms with E-state index in [0.29, 0.717) is 17.0 Å². The first-order chi connectivity index (χ1) is 8.38. The van der Waals surface area contributed by atoms with Crippen molar-refractivity contribution in [2.45, 2.75) is 26.2 Å². The van der Waals surface area contributed by atoms with Crippen molar-refractivity contribution < 1.29 is 14.3 Å². The molecule has 0 aliphatic heterocycles. The molecule has 1 aromatic carbocycles. The number of aromatic carboxylic acids is 1. The summed E-state index contributed by atoms with van der Waals surface area (Å²) in [4.78, 5) is 18.4. The van der Waals surface area contributed by atoms with Crippen LogP contribution < -0.4 is 0 Å². The fraction of sp³-hybridized carbons (Fsp3) is 0.385. The number of hydrogen-bond donors (Lipinski definition) is 2. The van der Waals surface area contributed by atoms with Gasteiger partial charge >= 0.3 is 5.97 Å². The number of fused-ring (bicyclic) bond motifs is 1. The Morgan fingerprint density at radius 1 is 1.56 bits per heavy atom. The van der Waals surface area contributed by atoms with E-state index in [-0.39, 0.29) is 11.0 Å². The number of halogens is 1. The molecule has 0 spiro atoms. The van der Waals surface area contributed by atoms with Crippen LogP contribution in [0.2, 0.25) is 0 Å². The fourth-order valence-corrected chi connectivity index (χ4v) is 2.36. The van der Waals surface area contributed by atoms with Gasteiger partial charge in [-0.2, -0.15) is 0 Å². The monoisotopic (exact) mass is 248 g/mol. The molecule has 0 bridgehead atoms. The van der Waals surface area contributed by atoms with Crippen molar-refractivity contribution in [1.29, 1.82) is 0 Å². The third-order valence-electron chi connectivity index (χ3n) is 3.64. The molecular weight excluding hydrogens is 235 g/mol. The third-order valence-corrected chi connectivity index (χ3v) is 3.64. The second-order valence-electron chi connectivity index (χ2n) is 5.52. The van der Waals surface area contributed by atoms with Gasteiger partial charge in [-0.3, -0.25) is 0 Å². The molecular formula is C13H13FN2O2. The number of carbonyl (C=O) groups is 1. The van der Waals surface area contributed by atoms with E-state index < -0.39 is 11.8 Å². The minimum atomic E-state index is -1.16. The Labute approximate surface area is 103 Å². The fourth-order valence-electron chi connectivity index (χ4n) is 2.36. The summed E-state index contributed by atoms with van der Waals surface area (Å²) in [5.74, 6) is -0.671. The van der Waals surface area contributed by atoms with Gasteiger partial charge in [0.15, 0.2) is 0 Å². The van der Waals surface area contributed by atoms with E-state index in [1.165, 1.54) is 6.07 Å². The molecule has 0 radical (unpaired) electrons. The van der Waals surface area contributed by atoms with Gasteiger partial charge < -0.3 is 10.1 Å². The summed E-state index contributed by atoms with van der Waals surface area (Å²) in [7, 11) is 0. The molecule has 5 heteroatoms. The molecule has 1 aliphatic rings. The van der Waals surface area contributed by atoms with E-state index in [4.69, 9.17) is 5.11 Å². The molecule has 1 saturated carbocycles. The number of H-pyrrole nitrogens is 1. The predicted molar refractivity (Wildman–Crippen MR) is 64.2 cm³/mol. The molecule has 3 rings (SSSR count). The molecule has 1 heterocycles. The highest BCUT2D eigenvalue weighted by molar-refractivity contribution is 6.01. The number of carboxylic acids is 1. The van der Waals surface area contributed by atoms with E-state index >= 15 is 0 Å². The average molecular weight is 248 g/mol. The van der Waals surface area contributed by atoms with Gasteiger partial charge in [0, 0.05) is 5.92 Å². The second-order valence-corrected chi connectivity index (χ2v) is 5.52. The van der Waals surface area contributed by atoms with Gasteiger partial charge in [-0.1, -0.05) is 13.8 Å². The number of rotatable bonds is 2. The van der Waals surface area contributed by atoms with Gasteiger partial charge in [0.1, 0.15) is 17.2 Å². The van der Waals surface area contributed by atoms with Crippen LogP contribution in [0.3, 0.4) is 0 Å². The zero-order valence-electron chi connectivity index (χ0n) is 10.1. The molecule has 1 atom stereocenters. The van der Waals surface area contributed by atoms with Crippen LogP contribution in [0.5, 0.6) is 0 Å². The maximum atomic E-state index is 13.3. The van der Waals surface area contributed by atoms with Crippen molar-refractivity contribution in [3.8, 4) is 0 Å². The second kappa shape index (κ2) is 3.31. The summed E-state index contributed by atoms with van der Waals surface area (Å²) in [6, 6.07) is 2.29. The summed E-state index contributed by atoms with van der Waals surface area (Å²) < 4.78 is 13.3. The van der Waals surface area contributed by atoms with Crippen LogP contribution in [0, 0.1) is 11.2 Å². The maximum absolute atomic E-state index is 13.3. The number of benzene rings is 1. The number of nitrogens with zero attached hydrogens (tertiary/aromatic N) is 1. The number of hydrogen-bond acceptors (Lipinski definition) is 2. The molecule has 1 fully saturated rings. The molecule has 1 unspecified atom stereocenters. The van der Waals surface area contributed by atoms with Gasteiger partial charge in [0.2, 0.25) is 0 Å². The smallest absolute Gasteiger partial charge is 0.338 e. The number of carboxylic acid groups (broad SMARTS) is 1. The summed E-state index contributed by atoms with van der Waals surface area (Å²) in [6.07, 6.45) is 1.01. The molecule has 18 heavy (non-hydrogen) atoms. The summed E-state index contributed by atoms with van der Waals surface area (Å²) >= 11 is 0. The van der Waals surface area contributed by atoms with Crippen LogP contribution in [0.15, 0.2) is 12.1 Å². The Bertz CT molecular complexity index is 660. The van der Waals surface area contributed by atoms with E-state index in [9.17, 15) is 9.18 Å². The first-order valence-corrected chi connectivity index (χ1v) is 5.81. The summed E-state index contributed by atoms with van der Waals surface area (Å²) in [5.41, 5.74) is 0.883. The van der Waals surface area contributed by atoms with Gasteiger partial charge in [-0.15, -0.1) is 0 Å². The standard InChI is InChI=1S/C13H13FN2O2/c1-13(2)5-8(13)11-15-9-4-6(14)3-7(12(17)18)10(9)16-11/h3-4,8H,5H2,1-2H3,(H,15,16)(H,17,18). The number of aromatic nitrogens is 2. The lowest BCUT2D eigenvalue weighted by Gasteiger charge is -1.97. The Morgan fingerprint density at radius 2 is 2.22 bits per heavy atom. The highest BCUT2D eigenvalue weighted by Gasteiger charge is 2.48. The molecule has 4 nitrogen and oxygen atoms in total. The van der Waals surface area contributed by atoms with Crippen molar-refractivity contribution in [3.05, 3.63) is 29.3 Å². The summed E-state index contributed by atoms with van der Waals surface area (Å²) in [5, 5.41) is 9.05. The number of aromatic amines is 1. The third kappa shape index (κ3) is 1.58. The lowest BCUT2D eigenvalue weighted by Crippen LogP contribution is -1.98. The van der Waals surface area contributed by atoms with E-state index in [2.05, 4.69) is 23.8 Å². The van der Waals surface area contributed by atoms with E-state index in [0.717, 1.165) is 18.3 Å². The molecule has 2 N–H and O–H groups in total. The van der Waals surface area contributed by atoms with Crippen LogP contribution >= 0.6 is 0 Å². The topological polar surface area (TPSA) is 66.0 Å². The quantitative estimate of drug-likeness (QED) is 0.858. The van der Waals surface area contributed by atoms with Crippen LogP contribution in [0.1, 0.15) is 42.4 Å². The van der Waals surface area contributed by atoms with Gasteiger partial charge in [0.05, 0.1) is 11.1 Å². The molecule has 0 saturated heterocycles. The minimum absolute atomic E-state index is 0.0917. The largest absolute Gasteiger partial charge is 0.478 e. The lowest BCUT2D eigenvalue weighted by atomic mass is 10.1. The predicted octanol–water partition coefficient (Wildman–Crippen LogP) is 2.91. The molecule has 94 valence electrons. The number of nitrogens with one attached hydrogen (secondary N) is 1. The van der Waals surface area contributed by atoms with Gasteiger partial charge in [-0.25, -0.2) is 14.2 Å². The molecule has 1 aromatic heterocycles. The van der Waals surface area contributed by atoms with Crippen LogP contribution in [0.4, 0.5) is 4.39 Å². The van der Waals surface area contributed by atoms with Crippen molar-refractivity contribution >= 4 is 17.0 Å². The van der Waals surface area contributed by atoms with Crippen LogP contribution in [-0.4, -0.2) is 21.0 Å². The SMILES string of the molecule is CC1(C)CC1c1nc2c(C(=O)O)cc(F)cc2[nH]1. The molecule has 0 amide bonds. The Kier molecular flexibility index (Phi) is 2.06. The van der Waals surface area contributed by atoms with Gasteiger partial charge in [-0.05, 0) is 24.0 Å². The first-order valence-electron chi connectivity index (χ1n) is 5.81. The zero-order valence-corrected chi connectivity index (χ0v) is 10.1. The minimum Gasteiger partial charge on any atom is -0.478 e. The van der Waals surface area contributed by atoms with E-state index in [1.807, 2.05) is 0 Å².